The maximum absolute atomic E-state index is 12.2. The van der Waals surface area contributed by atoms with Crippen molar-refractivity contribution in [3.05, 3.63) is 59.7 Å². The van der Waals surface area contributed by atoms with Gasteiger partial charge in [0.2, 0.25) is 0 Å². The fraction of sp³-hybridized carbons (Fsp3) is 0.211. The van der Waals surface area contributed by atoms with Gasteiger partial charge in [-0.1, -0.05) is 25.5 Å². The van der Waals surface area contributed by atoms with Crippen LogP contribution in [0.2, 0.25) is 0 Å². The van der Waals surface area contributed by atoms with Gasteiger partial charge in [-0.15, -0.1) is 0 Å². The number of thiocarbonyl (C=S) groups is 1. The average molecular weight is 372 g/mol. The lowest BCUT2D eigenvalue weighted by Gasteiger charge is -2.12. The number of anilines is 1. The summed E-state index contributed by atoms with van der Waals surface area (Å²) in [6.45, 7) is 2.72. The lowest BCUT2D eigenvalue weighted by Crippen LogP contribution is -2.34. The summed E-state index contributed by atoms with van der Waals surface area (Å²) in [5.41, 5.74) is 0.797. The Labute approximate surface area is 157 Å². The number of para-hydroxylation sites is 1. The number of aromatic carboxylic acids is 1. The standard InChI is InChI=1S/C19H20N2O4S/c1-2-3-12-25-14-10-8-13(9-11-14)17(22)21-19(26)20-16-7-5-4-6-15(16)18(23)24/h4-11H,2-3,12H2,1H3,(H,23,24)(H2,20,21,22,26). The summed E-state index contributed by atoms with van der Waals surface area (Å²) in [6.07, 6.45) is 2.02. The fourth-order valence-corrected chi connectivity index (χ4v) is 2.35. The fourth-order valence-electron chi connectivity index (χ4n) is 2.14. The summed E-state index contributed by atoms with van der Waals surface area (Å²) in [6, 6.07) is 13.0. The summed E-state index contributed by atoms with van der Waals surface area (Å²) in [7, 11) is 0. The minimum atomic E-state index is -1.08. The van der Waals surface area contributed by atoms with Crippen LogP contribution in [0.15, 0.2) is 48.5 Å². The van der Waals surface area contributed by atoms with Crippen LogP contribution in [0.25, 0.3) is 0 Å². The number of hydrogen-bond acceptors (Lipinski definition) is 4. The van der Waals surface area contributed by atoms with Gasteiger partial charge in [0.05, 0.1) is 17.9 Å². The molecule has 136 valence electrons. The third kappa shape index (κ3) is 5.56. The van der Waals surface area contributed by atoms with Crippen molar-refractivity contribution in [1.82, 2.24) is 5.32 Å². The molecule has 0 aliphatic carbocycles. The third-order valence-corrected chi connectivity index (χ3v) is 3.72. The Balaban J connectivity index is 1.95. The number of carbonyl (C=O) groups is 2. The number of amides is 1. The molecule has 3 N–H and O–H groups in total. The molecule has 0 heterocycles. The molecule has 0 radical (unpaired) electrons. The molecule has 2 aromatic carbocycles. The number of unbranched alkanes of at least 4 members (excludes halogenated alkanes) is 1. The Kier molecular flexibility index (Phi) is 7.11. The second kappa shape index (κ2) is 9.53. The predicted molar refractivity (Wildman–Crippen MR) is 104 cm³/mol. The number of carboxylic acids is 1. The first-order chi connectivity index (χ1) is 12.5. The zero-order valence-corrected chi connectivity index (χ0v) is 15.1. The zero-order chi connectivity index (χ0) is 18.9. The van der Waals surface area contributed by atoms with E-state index in [0.717, 1.165) is 12.8 Å². The molecule has 0 aliphatic rings. The molecule has 0 bridgehead atoms. The summed E-state index contributed by atoms with van der Waals surface area (Å²) in [5.74, 6) is -0.776. The smallest absolute Gasteiger partial charge is 0.337 e. The van der Waals surface area contributed by atoms with Gasteiger partial charge in [0, 0.05) is 5.56 Å². The highest BCUT2D eigenvalue weighted by Gasteiger charge is 2.12. The number of rotatable bonds is 7. The van der Waals surface area contributed by atoms with E-state index in [2.05, 4.69) is 17.6 Å². The second-order valence-electron chi connectivity index (χ2n) is 5.49. The van der Waals surface area contributed by atoms with Crippen molar-refractivity contribution in [2.75, 3.05) is 11.9 Å². The van der Waals surface area contributed by atoms with E-state index in [9.17, 15) is 9.59 Å². The highest BCUT2D eigenvalue weighted by molar-refractivity contribution is 7.80. The molecule has 0 unspecified atom stereocenters. The molecule has 2 aromatic rings. The van der Waals surface area contributed by atoms with Crippen LogP contribution in [-0.4, -0.2) is 28.7 Å². The van der Waals surface area contributed by atoms with Crippen molar-refractivity contribution >= 4 is 34.9 Å². The molecule has 7 heteroatoms. The number of ether oxygens (including phenoxy) is 1. The molecule has 0 saturated carbocycles. The molecular formula is C19H20N2O4S. The minimum Gasteiger partial charge on any atom is -0.494 e. The van der Waals surface area contributed by atoms with Gasteiger partial charge < -0.3 is 15.2 Å². The third-order valence-electron chi connectivity index (χ3n) is 3.52. The van der Waals surface area contributed by atoms with Gasteiger partial charge in [-0.25, -0.2) is 4.79 Å². The van der Waals surface area contributed by atoms with Crippen LogP contribution in [0.1, 0.15) is 40.5 Å². The molecule has 2 rings (SSSR count). The second-order valence-corrected chi connectivity index (χ2v) is 5.89. The largest absolute Gasteiger partial charge is 0.494 e. The first kappa shape index (κ1) is 19.4. The van der Waals surface area contributed by atoms with Crippen LogP contribution in [0.5, 0.6) is 5.75 Å². The lowest BCUT2D eigenvalue weighted by atomic mass is 10.2. The van der Waals surface area contributed by atoms with Crippen LogP contribution in [0, 0.1) is 0 Å². The number of carboxylic acid groups (broad SMARTS) is 1. The topological polar surface area (TPSA) is 87.7 Å². The van der Waals surface area contributed by atoms with Gasteiger partial charge >= 0.3 is 5.97 Å². The van der Waals surface area contributed by atoms with Crippen LogP contribution < -0.4 is 15.4 Å². The lowest BCUT2D eigenvalue weighted by molar-refractivity contribution is 0.0698. The quantitative estimate of drug-likeness (QED) is 0.507. The molecule has 6 nitrogen and oxygen atoms in total. The van der Waals surface area contributed by atoms with Gasteiger partial charge in [-0.3, -0.25) is 10.1 Å². The van der Waals surface area contributed by atoms with Crippen LogP contribution in [-0.2, 0) is 0 Å². The van der Waals surface area contributed by atoms with Gasteiger partial charge in [0.1, 0.15) is 5.75 Å². The first-order valence-corrected chi connectivity index (χ1v) is 8.59. The maximum atomic E-state index is 12.2. The first-order valence-electron chi connectivity index (χ1n) is 8.18. The summed E-state index contributed by atoms with van der Waals surface area (Å²) in [4.78, 5) is 23.4. The van der Waals surface area contributed by atoms with Crippen molar-refractivity contribution in [3.63, 3.8) is 0 Å². The van der Waals surface area contributed by atoms with E-state index in [1.807, 2.05) is 0 Å². The van der Waals surface area contributed by atoms with Crippen molar-refractivity contribution in [1.29, 1.82) is 0 Å². The van der Waals surface area contributed by atoms with Crippen molar-refractivity contribution in [2.24, 2.45) is 0 Å². The van der Waals surface area contributed by atoms with E-state index >= 15 is 0 Å². The molecule has 0 atom stereocenters. The predicted octanol–water partition coefficient (Wildman–Crippen LogP) is 3.69. The van der Waals surface area contributed by atoms with Crippen LogP contribution >= 0.6 is 12.2 Å². The van der Waals surface area contributed by atoms with Gasteiger partial charge in [-0.2, -0.15) is 0 Å². The van der Waals surface area contributed by atoms with Gasteiger partial charge in [0.15, 0.2) is 5.11 Å². The Morgan fingerprint density at radius 3 is 2.46 bits per heavy atom. The number of benzene rings is 2. The normalized spacial score (nSPS) is 10.0. The Morgan fingerprint density at radius 1 is 1.12 bits per heavy atom. The van der Waals surface area contributed by atoms with E-state index in [1.165, 1.54) is 6.07 Å². The van der Waals surface area contributed by atoms with Crippen molar-refractivity contribution in [3.8, 4) is 5.75 Å². The molecular weight excluding hydrogens is 352 g/mol. The monoisotopic (exact) mass is 372 g/mol. The summed E-state index contributed by atoms with van der Waals surface area (Å²) in [5, 5.41) is 14.4. The highest BCUT2D eigenvalue weighted by atomic mass is 32.1. The summed E-state index contributed by atoms with van der Waals surface area (Å²) >= 11 is 5.09. The Bertz CT molecular complexity index is 790. The summed E-state index contributed by atoms with van der Waals surface area (Å²) < 4.78 is 5.55. The molecule has 0 spiro atoms. The van der Waals surface area contributed by atoms with Crippen LogP contribution in [0.3, 0.4) is 0 Å². The molecule has 1 amide bonds. The molecule has 26 heavy (non-hydrogen) atoms. The Hall–Kier alpha value is -2.93. The van der Waals surface area contributed by atoms with E-state index in [1.54, 1.807) is 42.5 Å². The molecule has 0 fully saturated rings. The maximum Gasteiger partial charge on any atom is 0.337 e. The van der Waals surface area contributed by atoms with Crippen LogP contribution in [0.4, 0.5) is 5.69 Å². The minimum absolute atomic E-state index is 0.0203. The van der Waals surface area contributed by atoms with Crippen molar-refractivity contribution < 1.29 is 19.4 Å². The molecule has 0 saturated heterocycles. The number of hydrogen-bond donors (Lipinski definition) is 3. The highest BCUT2D eigenvalue weighted by Crippen LogP contribution is 2.15. The SMILES string of the molecule is CCCCOc1ccc(C(=O)NC(=S)Nc2ccccc2C(=O)O)cc1. The Morgan fingerprint density at radius 2 is 1.81 bits per heavy atom. The van der Waals surface area contributed by atoms with E-state index < -0.39 is 11.9 Å². The zero-order valence-electron chi connectivity index (χ0n) is 14.3. The number of nitrogens with one attached hydrogen (secondary N) is 2. The number of carbonyl (C=O) groups excluding carboxylic acids is 1. The van der Waals surface area contributed by atoms with E-state index in [-0.39, 0.29) is 10.7 Å². The van der Waals surface area contributed by atoms with Crippen molar-refractivity contribution in [2.45, 2.75) is 19.8 Å². The van der Waals surface area contributed by atoms with Gasteiger partial charge in [0.25, 0.3) is 5.91 Å². The molecule has 0 aromatic heterocycles. The molecule has 0 aliphatic heterocycles. The van der Waals surface area contributed by atoms with Gasteiger partial charge in [-0.05, 0) is 55.0 Å². The average Bonchev–Trinajstić information content (AvgIpc) is 2.62. The van der Waals surface area contributed by atoms with E-state index in [0.29, 0.717) is 23.6 Å². The van der Waals surface area contributed by atoms with E-state index in [4.69, 9.17) is 22.1 Å².